The van der Waals surface area contributed by atoms with Crippen LogP contribution in [0.25, 0.3) is 0 Å². The molecule has 4 nitrogen and oxygen atoms in total. The fourth-order valence-corrected chi connectivity index (χ4v) is 2.35. The highest BCUT2D eigenvalue weighted by atomic mass is 16.5. The molecule has 0 saturated carbocycles. The third kappa shape index (κ3) is 2.83. The molecule has 1 fully saturated rings. The Morgan fingerprint density at radius 2 is 2.50 bits per heavy atom. The second kappa shape index (κ2) is 4.55. The number of hydrogen-bond donors (Lipinski definition) is 1. The molecule has 0 radical (unpaired) electrons. The highest BCUT2D eigenvalue weighted by Crippen LogP contribution is 2.29. The van der Waals surface area contributed by atoms with Gasteiger partial charge in [0.25, 0.3) is 0 Å². The summed E-state index contributed by atoms with van der Waals surface area (Å²) >= 11 is 0. The molecule has 1 aromatic heterocycles. The van der Waals surface area contributed by atoms with Gasteiger partial charge in [-0.25, -0.2) is 0 Å². The van der Waals surface area contributed by atoms with Crippen LogP contribution in [0.3, 0.4) is 0 Å². The van der Waals surface area contributed by atoms with Crippen LogP contribution in [0.5, 0.6) is 0 Å². The van der Waals surface area contributed by atoms with Gasteiger partial charge in [-0.3, -0.25) is 4.68 Å². The van der Waals surface area contributed by atoms with Crippen LogP contribution in [0, 0.1) is 0 Å². The number of aromatic nitrogens is 2. The number of hydrogen-bond acceptors (Lipinski definition) is 3. The molecule has 16 heavy (non-hydrogen) atoms. The molecular weight excluding hydrogens is 204 g/mol. The molecule has 0 bridgehead atoms. The zero-order chi connectivity index (χ0) is 11.6. The lowest BCUT2D eigenvalue weighted by molar-refractivity contribution is -0.100. The van der Waals surface area contributed by atoms with E-state index in [0.29, 0.717) is 6.61 Å². The second-order valence-corrected chi connectivity index (χ2v) is 4.88. The van der Waals surface area contributed by atoms with Crippen molar-refractivity contribution in [3.63, 3.8) is 0 Å². The van der Waals surface area contributed by atoms with Gasteiger partial charge in [0, 0.05) is 26.3 Å². The predicted octanol–water partition coefficient (Wildman–Crippen LogP) is 1.28. The van der Waals surface area contributed by atoms with Crippen molar-refractivity contribution in [3.8, 4) is 0 Å². The van der Waals surface area contributed by atoms with Crippen molar-refractivity contribution in [2.45, 2.75) is 44.3 Å². The van der Waals surface area contributed by atoms with Crippen LogP contribution in [0.1, 0.15) is 31.7 Å². The third-order valence-electron chi connectivity index (χ3n) is 3.27. The molecule has 0 spiro atoms. The molecule has 0 aliphatic carbocycles. The van der Waals surface area contributed by atoms with Gasteiger partial charge in [-0.1, -0.05) is 0 Å². The Kier molecular flexibility index (Phi) is 3.30. The number of aliphatic hydroxyl groups is 1. The Morgan fingerprint density at radius 3 is 3.12 bits per heavy atom. The van der Waals surface area contributed by atoms with Crippen LogP contribution in [-0.4, -0.2) is 33.2 Å². The average molecular weight is 224 g/mol. The zero-order valence-corrected chi connectivity index (χ0v) is 10.0. The molecule has 90 valence electrons. The molecule has 2 rings (SSSR count). The van der Waals surface area contributed by atoms with Gasteiger partial charge in [-0.15, -0.1) is 0 Å². The minimum atomic E-state index is -0.548. The van der Waals surface area contributed by atoms with Crippen molar-refractivity contribution in [1.82, 2.24) is 9.78 Å². The van der Waals surface area contributed by atoms with Gasteiger partial charge in [0.1, 0.15) is 0 Å². The molecule has 2 heterocycles. The van der Waals surface area contributed by atoms with Gasteiger partial charge >= 0.3 is 0 Å². The van der Waals surface area contributed by atoms with Crippen LogP contribution < -0.4 is 0 Å². The van der Waals surface area contributed by atoms with E-state index in [1.165, 1.54) is 5.56 Å². The second-order valence-electron chi connectivity index (χ2n) is 4.88. The summed E-state index contributed by atoms with van der Waals surface area (Å²) in [7, 11) is 1.91. The molecule has 0 amide bonds. The van der Waals surface area contributed by atoms with E-state index in [1.54, 1.807) is 4.68 Å². The molecule has 4 heteroatoms. The van der Waals surface area contributed by atoms with E-state index in [0.717, 1.165) is 25.7 Å². The fourth-order valence-electron chi connectivity index (χ4n) is 2.35. The fraction of sp³-hybridized carbons (Fsp3) is 0.750. The maximum Gasteiger partial charge on any atom is 0.0697 e. The summed E-state index contributed by atoms with van der Waals surface area (Å²) in [6.07, 6.45) is 7.22. The topological polar surface area (TPSA) is 47.3 Å². The first-order valence-electron chi connectivity index (χ1n) is 5.89. The van der Waals surface area contributed by atoms with Crippen molar-refractivity contribution in [1.29, 1.82) is 0 Å². The number of rotatable bonds is 3. The van der Waals surface area contributed by atoms with Gasteiger partial charge < -0.3 is 9.84 Å². The number of nitrogens with zero attached hydrogens (tertiary/aromatic N) is 2. The molecule has 1 aliphatic rings. The standard InChI is InChI=1S/C12H20N2O2/c1-10-7-12(15,5-6-16-10)4-3-11-8-13-14(2)9-11/h8-10,15H,3-7H2,1-2H3. The maximum absolute atomic E-state index is 10.4. The van der Waals surface area contributed by atoms with Crippen molar-refractivity contribution in [2.75, 3.05) is 6.61 Å². The van der Waals surface area contributed by atoms with Crippen LogP contribution in [0.2, 0.25) is 0 Å². The van der Waals surface area contributed by atoms with Gasteiger partial charge in [0.15, 0.2) is 0 Å². The lowest BCUT2D eigenvalue weighted by Crippen LogP contribution is -2.40. The Bertz CT molecular complexity index is 351. The quantitative estimate of drug-likeness (QED) is 0.841. The van der Waals surface area contributed by atoms with E-state index in [2.05, 4.69) is 5.10 Å². The van der Waals surface area contributed by atoms with E-state index in [9.17, 15) is 5.11 Å². The van der Waals surface area contributed by atoms with E-state index < -0.39 is 5.60 Å². The van der Waals surface area contributed by atoms with Crippen molar-refractivity contribution in [3.05, 3.63) is 18.0 Å². The van der Waals surface area contributed by atoms with Crippen LogP contribution in [-0.2, 0) is 18.2 Å². The summed E-state index contributed by atoms with van der Waals surface area (Å²) in [4.78, 5) is 0. The van der Waals surface area contributed by atoms with Crippen molar-refractivity contribution >= 4 is 0 Å². The Balaban J connectivity index is 1.88. The molecule has 1 aliphatic heterocycles. The predicted molar refractivity (Wildman–Crippen MR) is 61.1 cm³/mol. The highest BCUT2D eigenvalue weighted by molar-refractivity contribution is 5.05. The summed E-state index contributed by atoms with van der Waals surface area (Å²) in [5.41, 5.74) is 0.642. The number of ether oxygens (including phenoxy) is 1. The van der Waals surface area contributed by atoms with E-state index in [-0.39, 0.29) is 6.10 Å². The Morgan fingerprint density at radius 1 is 1.69 bits per heavy atom. The normalized spacial score (nSPS) is 30.6. The Hall–Kier alpha value is -0.870. The summed E-state index contributed by atoms with van der Waals surface area (Å²) in [6, 6.07) is 0. The lowest BCUT2D eigenvalue weighted by Gasteiger charge is -2.35. The monoisotopic (exact) mass is 224 g/mol. The largest absolute Gasteiger partial charge is 0.390 e. The molecular formula is C12H20N2O2. The first-order valence-corrected chi connectivity index (χ1v) is 5.89. The zero-order valence-electron chi connectivity index (χ0n) is 10.0. The van der Waals surface area contributed by atoms with E-state index in [1.807, 2.05) is 26.4 Å². The molecule has 2 unspecified atom stereocenters. The minimum absolute atomic E-state index is 0.174. The molecule has 1 saturated heterocycles. The van der Waals surface area contributed by atoms with Crippen LogP contribution in [0.4, 0.5) is 0 Å². The molecule has 1 N–H and O–H groups in total. The maximum atomic E-state index is 10.4. The van der Waals surface area contributed by atoms with Gasteiger partial charge in [-0.05, 0) is 31.7 Å². The van der Waals surface area contributed by atoms with E-state index >= 15 is 0 Å². The van der Waals surface area contributed by atoms with Crippen LogP contribution in [0.15, 0.2) is 12.4 Å². The summed E-state index contributed by atoms with van der Waals surface area (Å²) in [5.74, 6) is 0. The van der Waals surface area contributed by atoms with Gasteiger partial charge in [0.05, 0.1) is 17.9 Å². The first kappa shape index (κ1) is 11.6. The SMILES string of the molecule is CC1CC(O)(CCc2cnn(C)c2)CCO1. The third-order valence-corrected chi connectivity index (χ3v) is 3.27. The van der Waals surface area contributed by atoms with Gasteiger partial charge in [-0.2, -0.15) is 5.10 Å². The van der Waals surface area contributed by atoms with E-state index in [4.69, 9.17) is 4.74 Å². The van der Waals surface area contributed by atoms with Gasteiger partial charge in [0.2, 0.25) is 0 Å². The average Bonchev–Trinajstić information content (AvgIpc) is 2.61. The molecule has 0 aromatic carbocycles. The smallest absolute Gasteiger partial charge is 0.0697 e. The van der Waals surface area contributed by atoms with Crippen molar-refractivity contribution in [2.24, 2.45) is 7.05 Å². The summed E-state index contributed by atoms with van der Waals surface area (Å²) in [5, 5.41) is 14.5. The number of aryl methyl sites for hydroxylation is 2. The molecule has 1 aromatic rings. The Labute approximate surface area is 96.2 Å². The minimum Gasteiger partial charge on any atom is -0.390 e. The highest BCUT2D eigenvalue weighted by Gasteiger charge is 2.32. The molecule has 2 atom stereocenters. The lowest BCUT2D eigenvalue weighted by atomic mass is 9.86. The van der Waals surface area contributed by atoms with Crippen molar-refractivity contribution < 1.29 is 9.84 Å². The van der Waals surface area contributed by atoms with Crippen LogP contribution >= 0.6 is 0 Å². The summed E-state index contributed by atoms with van der Waals surface area (Å²) in [6.45, 7) is 2.69. The first-order chi connectivity index (χ1) is 7.57. The summed E-state index contributed by atoms with van der Waals surface area (Å²) < 4.78 is 7.25.